The van der Waals surface area contributed by atoms with E-state index in [4.69, 9.17) is 5.73 Å². The number of amides is 1. The van der Waals surface area contributed by atoms with E-state index in [0.29, 0.717) is 17.9 Å². The van der Waals surface area contributed by atoms with E-state index < -0.39 is 5.60 Å². The number of nitrogen functional groups attached to an aromatic ring is 1. The fourth-order valence-electron chi connectivity index (χ4n) is 2.68. The van der Waals surface area contributed by atoms with E-state index in [1.807, 2.05) is 0 Å². The Morgan fingerprint density at radius 3 is 2.79 bits per heavy atom. The highest BCUT2D eigenvalue weighted by atomic mass is 16.3. The first-order valence-corrected chi connectivity index (χ1v) is 6.97. The summed E-state index contributed by atoms with van der Waals surface area (Å²) in [7, 11) is 0. The molecule has 0 unspecified atom stereocenters. The quantitative estimate of drug-likeness (QED) is 0.667. The summed E-state index contributed by atoms with van der Waals surface area (Å²) in [6.45, 7) is 2.49. The highest BCUT2D eigenvalue weighted by Gasteiger charge is 2.32. The molecule has 106 valence electrons. The van der Waals surface area contributed by atoms with Gasteiger partial charge in [-0.3, -0.25) is 4.79 Å². The molecule has 5 heteroatoms. The molecule has 1 aliphatic carbocycles. The van der Waals surface area contributed by atoms with Gasteiger partial charge in [0.2, 0.25) is 0 Å². The number of hydrogen-bond acceptors (Lipinski definition) is 3. The van der Waals surface area contributed by atoms with Gasteiger partial charge in [0, 0.05) is 18.4 Å². The molecule has 2 rings (SSSR count). The van der Waals surface area contributed by atoms with Crippen LogP contribution < -0.4 is 11.1 Å². The van der Waals surface area contributed by atoms with Crippen LogP contribution in [0.25, 0.3) is 0 Å². The summed E-state index contributed by atoms with van der Waals surface area (Å²) < 4.78 is 0. The maximum absolute atomic E-state index is 11.9. The number of aromatic nitrogens is 1. The van der Waals surface area contributed by atoms with Crippen molar-refractivity contribution in [1.82, 2.24) is 10.3 Å². The minimum absolute atomic E-state index is 0.220. The van der Waals surface area contributed by atoms with Gasteiger partial charge in [-0.1, -0.05) is 13.3 Å². The number of nitrogens with one attached hydrogen (secondary N) is 2. The van der Waals surface area contributed by atoms with Crippen LogP contribution in [0.3, 0.4) is 0 Å². The summed E-state index contributed by atoms with van der Waals surface area (Å²) in [5.74, 6) is 0.502. The second kappa shape index (κ2) is 5.65. The van der Waals surface area contributed by atoms with Crippen LogP contribution >= 0.6 is 0 Å². The number of aliphatic hydroxyl groups is 1. The van der Waals surface area contributed by atoms with E-state index in [1.165, 1.54) is 6.42 Å². The average molecular weight is 265 g/mol. The molecule has 0 spiro atoms. The Balaban J connectivity index is 1.83. The molecular formula is C14H23N3O2. The third kappa shape index (κ3) is 3.50. The molecule has 1 aliphatic rings. The Hall–Kier alpha value is -1.49. The smallest absolute Gasteiger partial charge is 0.267 e. The van der Waals surface area contributed by atoms with Crippen molar-refractivity contribution >= 4 is 11.6 Å². The Morgan fingerprint density at radius 1 is 1.58 bits per heavy atom. The second-order valence-electron chi connectivity index (χ2n) is 5.61. The number of anilines is 1. The SMILES string of the molecule is CCC1CCC(O)(CNC(=O)c2cc(N)c[nH]2)CC1. The highest BCUT2D eigenvalue weighted by Crippen LogP contribution is 2.33. The van der Waals surface area contributed by atoms with Gasteiger partial charge in [0.1, 0.15) is 5.69 Å². The number of nitrogens with two attached hydrogens (primary N) is 1. The van der Waals surface area contributed by atoms with Gasteiger partial charge in [0.05, 0.1) is 5.60 Å². The normalized spacial score (nSPS) is 27.2. The lowest BCUT2D eigenvalue weighted by molar-refractivity contribution is -0.00789. The van der Waals surface area contributed by atoms with E-state index in [1.54, 1.807) is 12.3 Å². The van der Waals surface area contributed by atoms with E-state index in [-0.39, 0.29) is 5.91 Å². The number of carbonyl (C=O) groups is 1. The molecule has 0 saturated heterocycles. The van der Waals surface area contributed by atoms with Crippen LogP contribution in [0.5, 0.6) is 0 Å². The van der Waals surface area contributed by atoms with Crippen LogP contribution in [0.2, 0.25) is 0 Å². The van der Waals surface area contributed by atoms with Crippen molar-refractivity contribution in [2.24, 2.45) is 5.92 Å². The third-order valence-electron chi connectivity index (χ3n) is 4.14. The van der Waals surface area contributed by atoms with Gasteiger partial charge < -0.3 is 21.1 Å². The lowest BCUT2D eigenvalue weighted by atomic mass is 9.78. The summed E-state index contributed by atoms with van der Waals surface area (Å²) >= 11 is 0. The van der Waals surface area contributed by atoms with Crippen LogP contribution in [0.1, 0.15) is 49.5 Å². The van der Waals surface area contributed by atoms with Crippen molar-refractivity contribution in [3.8, 4) is 0 Å². The van der Waals surface area contributed by atoms with Crippen molar-refractivity contribution < 1.29 is 9.90 Å². The molecule has 0 aromatic carbocycles. The summed E-state index contributed by atoms with van der Waals surface area (Å²) in [4.78, 5) is 14.7. The summed E-state index contributed by atoms with van der Waals surface area (Å²) in [6, 6.07) is 1.59. The molecule has 1 fully saturated rings. The lowest BCUT2D eigenvalue weighted by Gasteiger charge is -2.35. The molecule has 1 aromatic heterocycles. The number of carbonyl (C=O) groups excluding carboxylic acids is 1. The Bertz CT molecular complexity index is 434. The van der Waals surface area contributed by atoms with Gasteiger partial charge in [0.25, 0.3) is 5.91 Å². The van der Waals surface area contributed by atoms with Gasteiger partial charge in [0.15, 0.2) is 0 Å². The zero-order valence-corrected chi connectivity index (χ0v) is 11.4. The molecule has 0 bridgehead atoms. The molecule has 0 atom stereocenters. The molecule has 5 N–H and O–H groups in total. The fraction of sp³-hybridized carbons (Fsp3) is 0.643. The maximum Gasteiger partial charge on any atom is 0.267 e. The van der Waals surface area contributed by atoms with E-state index in [2.05, 4.69) is 17.2 Å². The molecule has 1 saturated carbocycles. The summed E-state index contributed by atoms with van der Waals surface area (Å²) in [5.41, 5.74) is 5.77. The number of aromatic amines is 1. The molecule has 1 aromatic rings. The van der Waals surface area contributed by atoms with Gasteiger partial charge in [-0.05, 0) is 37.7 Å². The monoisotopic (exact) mass is 265 g/mol. The largest absolute Gasteiger partial charge is 0.397 e. The van der Waals surface area contributed by atoms with Gasteiger partial charge in [-0.25, -0.2) is 0 Å². The fourth-order valence-corrected chi connectivity index (χ4v) is 2.68. The predicted molar refractivity (Wildman–Crippen MR) is 74.7 cm³/mol. The first-order chi connectivity index (χ1) is 9.02. The zero-order valence-electron chi connectivity index (χ0n) is 11.4. The molecule has 5 nitrogen and oxygen atoms in total. The van der Waals surface area contributed by atoms with Crippen LogP contribution in [-0.4, -0.2) is 28.1 Å². The molecule has 1 amide bonds. The Kier molecular flexibility index (Phi) is 4.14. The van der Waals surface area contributed by atoms with Gasteiger partial charge >= 0.3 is 0 Å². The maximum atomic E-state index is 11.9. The standard InChI is InChI=1S/C14H23N3O2/c1-2-10-3-5-14(19,6-4-10)9-17-13(18)12-7-11(15)8-16-12/h7-8,10,16,19H,2-6,9,15H2,1H3,(H,17,18). The van der Waals surface area contributed by atoms with E-state index >= 15 is 0 Å². The topological polar surface area (TPSA) is 91.1 Å². The third-order valence-corrected chi connectivity index (χ3v) is 4.14. The summed E-state index contributed by atoms with van der Waals surface area (Å²) in [6.07, 6.45) is 6.36. The van der Waals surface area contributed by atoms with Crippen molar-refractivity contribution in [1.29, 1.82) is 0 Å². The van der Waals surface area contributed by atoms with Crippen LogP contribution in [0, 0.1) is 5.92 Å². The zero-order chi connectivity index (χ0) is 13.9. The van der Waals surface area contributed by atoms with E-state index in [0.717, 1.165) is 31.6 Å². The van der Waals surface area contributed by atoms with Crippen molar-refractivity contribution in [2.45, 2.75) is 44.6 Å². The summed E-state index contributed by atoms with van der Waals surface area (Å²) in [5, 5.41) is 13.2. The Morgan fingerprint density at radius 2 is 2.26 bits per heavy atom. The number of rotatable bonds is 4. The van der Waals surface area contributed by atoms with Gasteiger partial charge in [-0.2, -0.15) is 0 Å². The van der Waals surface area contributed by atoms with Crippen LogP contribution in [-0.2, 0) is 0 Å². The minimum Gasteiger partial charge on any atom is -0.397 e. The predicted octanol–water partition coefficient (Wildman–Crippen LogP) is 1.66. The first kappa shape index (κ1) is 13.9. The van der Waals surface area contributed by atoms with Crippen LogP contribution in [0.15, 0.2) is 12.3 Å². The van der Waals surface area contributed by atoms with Crippen LogP contribution in [0.4, 0.5) is 5.69 Å². The van der Waals surface area contributed by atoms with E-state index in [9.17, 15) is 9.90 Å². The van der Waals surface area contributed by atoms with Crippen molar-refractivity contribution in [3.63, 3.8) is 0 Å². The lowest BCUT2D eigenvalue weighted by Crippen LogP contribution is -2.45. The Labute approximate surface area is 113 Å². The molecule has 1 heterocycles. The second-order valence-corrected chi connectivity index (χ2v) is 5.61. The average Bonchev–Trinajstić information content (AvgIpc) is 2.84. The molecule has 19 heavy (non-hydrogen) atoms. The molecule has 0 aliphatic heterocycles. The first-order valence-electron chi connectivity index (χ1n) is 6.97. The molecular weight excluding hydrogens is 242 g/mol. The van der Waals surface area contributed by atoms with Crippen molar-refractivity contribution in [3.05, 3.63) is 18.0 Å². The van der Waals surface area contributed by atoms with Crippen molar-refractivity contribution in [2.75, 3.05) is 12.3 Å². The molecule has 0 radical (unpaired) electrons. The minimum atomic E-state index is -0.751. The number of H-pyrrole nitrogens is 1. The number of hydrogen-bond donors (Lipinski definition) is 4. The highest BCUT2D eigenvalue weighted by molar-refractivity contribution is 5.93. The van der Waals surface area contributed by atoms with Gasteiger partial charge in [-0.15, -0.1) is 0 Å².